The highest BCUT2D eigenvalue weighted by molar-refractivity contribution is 5.83. The first-order valence-corrected chi connectivity index (χ1v) is 8.36. The molecule has 1 aromatic carbocycles. The summed E-state index contributed by atoms with van der Waals surface area (Å²) < 4.78 is 10.9. The normalized spacial score (nSPS) is 21.2. The monoisotopic (exact) mass is 330 g/mol. The van der Waals surface area contributed by atoms with Crippen molar-refractivity contribution in [3.05, 3.63) is 48.0 Å². The van der Waals surface area contributed by atoms with E-state index < -0.39 is 17.4 Å². The van der Waals surface area contributed by atoms with Gasteiger partial charge in [-0.05, 0) is 45.6 Å². The standard InChI is InChI=1S/C20H26O4/c1-14-10-11-16(19(22)24-20(2,3)4)17(12-14)18(21)23-13-15-8-6-5-7-9-15/h5-9,16-17H,1,10-13H2,2-4H3. The second-order valence-corrected chi connectivity index (χ2v) is 7.33. The van der Waals surface area contributed by atoms with Gasteiger partial charge in [0.25, 0.3) is 0 Å². The highest BCUT2D eigenvalue weighted by Gasteiger charge is 2.40. The lowest BCUT2D eigenvalue weighted by Gasteiger charge is -2.32. The van der Waals surface area contributed by atoms with Crippen LogP contribution in [0.1, 0.15) is 45.6 Å². The smallest absolute Gasteiger partial charge is 0.310 e. The number of rotatable bonds is 4. The van der Waals surface area contributed by atoms with Crippen LogP contribution in [0.3, 0.4) is 0 Å². The highest BCUT2D eigenvalue weighted by atomic mass is 16.6. The molecule has 2 unspecified atom stereocenters. The fourth-order valence-electron chi connectivity index (χ4n) is 2.86. The summed E-state index contributed by atoms with van der Waals surface area (Å²) in [4.78, 5) is 25.0. The molecule has 0 spiro atoms. The minimum Gasteiger partial charge on any atom is -0.461 e. The first-order valence-electron chi connectivity index (χ1n) is 8.36. The molecule has 2 atom stereocenters. The van der Waals surface area contributed by atoms with E-state index in [0.717, 1.165) is 17.6 Å². The Bertz CT molecular complexity index is 598. The van der Waals surface area contributed by atoms with Crippen molar-refractivity contribution in [2.75, 3.05) is 0 Å². The first kappa shape index (κ1) is 18.2. The fourth-order valence-corrected chi connectivity index (χ4v) is 2.86. The number of benzene rings is 1. The minimum atomic E-state index is -0.565. The maximum atomic E-state index is 12.5. The molecular formula is C20H26O4. The molecule has 1 aliphatic rings. The van der Waals surface area contributed by atoms with Crippen LogP contribution >= 0.6 is 0 Å². The molecule has 4 heteroatoms. The van der Waals surface area contributed by atoms with E-state index in [1.807, 2.05) is 51.1 Å². The molecule has 24 heavy (non-hydrogen) atoms. The predicted molar refractivity (Wildman–Crippen MR) is 92.1 cm³/mol. The van der Waals surface area contributed by atoms with Crippen molar-refractivity contribution in [1.82, 2.24) is 0 Å². The second kappa shape index (κ2) is 7.65. The molecule has 0 aromatic heterocycles. The van der Waals surface area contributed by atoms with Gasteiger partial charge in [0.1, 0.15) is 12.2 Å². The van der Waals surface area contributed by atoms with Crippen LogP contribution in [0.15, 0.2) is 42.5 Å². The predicted octanol–water partition coefficient (Wildman–Crippen LogP) is 4.04. The lowest BCUT2D eigenvalue weighted by molar-refractivity contribution is -0.169. The van der Waals surface area contributed by atoms with Crippen molar-refractivity contribution in [3.8, 4) is 0 Å². The van der Waals surface area contributed by atoms with Gasteiger partial charge < -0.3 is 9.47 Å². The van der Waals surface area contributed by atoms with E-state index in [9.17, 15) is 9.59 Å². The maximum Gasteiger partial charge on any atom is 0.310 e. The van der Waals surface area contributed by atoms with Gasteiger partial charge in [0.15, 0.2) is 0 Å². The van der Waals surface area contributed by atoms with Gasteiger partial charge in [0.2, 0.25) is 0 Å². The topological polar surface area (TPSA) is 52.6 Å². The lowest BCUT2D eigenvalue weighted by Crippen LogP contribution is -2.38. The molecule has 1 aromatic rings. The Balaban J connectivity index is 2.03. The Morgan fingerprint density at radius 3 is 2.42 bits per heavy atom. The van der Waals surface area contributed by atoms with E-state index >= 15 is 0 Å². The van der Waals surface area contributed by atoms with Crippen LogP contribution in [-0.2, 0) is 25.7 Å². The summed E-state index contributed by atoms with van der Waals surface area (Å²) in [6.07, 6.45) is 1.81. The van der Waals surface area contributed by atoms with Gasteiger partial charge in [0.05, 0.1) is 11.8 Å². The van der Waals surface area contributed by atoms with Crippen molar-refractivity contribution < 1.29 is 19.1 Å². The molecular weight excluding hydrogens is 304 g/mol. The van der Waals surface area contributed by atoms with E-state index in [1.54, 1.807) is 0 Å². The van der Waals surface area contributed by atoms with E-state index in [-0.39, 0.29) is 18.5 Å². The van der Waals surface area contributed by atoms with Crippen LogP contribution in [0.25, 0.3) is 0 Å². The van der Waals surface area contributed by atoms with Gasteiger partial charge >= 0.3 is 11.9 Å². The van der Waals surface area contributed by atoms with Crippen LogP contribution < -0.4 is 0 Å². The van der Waals surface area contributed by atoms with Gasteiger partial charge in [-0.15, -0.1) is 0 Å². The zero-order valence-corrected chi connectivity index (χ0v) is 14.7. The Morgan fingerprint density at radius 1 is 1.12 bits per heavy atom. The Kier molecular flexibility index (Phi) is 5.81. The van der Waals surface area contributed by atoms with Crippen LogP contribution in [0.4, 0.5) is 0 Å². The third-order valence-electron chi connectivity index (χ3n) is 4.04. The number of esters is 2. The van der Waals surface area contributed by atoms with Crippen LogP contribution in [0, 0.1) is 11.8 Å². The Hall–Kier alpha value is -2.10. The first-order chi connectivity index (χ1) is 11.3. The molecule has 0 heterocycles. The van der Waals surface area contributed by atoms with E-state index in [2.05, 4.69) is 6.58 Å². The number of hydrogen-bond acceptors (Lipinski definition) is 4. The maximum absolute atomic E-state index is 12.5. The quantitative estimate of drug-likeness (QED) is 0.617. The average molecular weight is 330 g/mol. The second-order valence-electron chi connectivity index (χ2n) is 7.33. The summed E-state index contributed by atoms with van der Waals surface area (Å²) >= 11 is 0. The molecule has 1 saturated carbocycles. The van der Waals surface area contributed by atoms with Crippen molar-refractivity contribution in [2.45, 2.75) is 52.2 Å². The summed E-state index contributed by atoms with van der Waals surface area (Å²) in [7, 11) is 0. The molecule has 2 rings (SSSR count). The molecule has 0 amide bonds. The van der Waals surface area contributed by atoms with Crippen molar-refractivity contribution >= 4 is 11.9 Å². The molecule has 0 N–H and O–H groups in total. The molecule has 1 aliphatic carbocycles. The summed E-state index contributed by atoms with van der Waals surface area (Å²) in [6.45, 7) is 9.67. The summed E-state index contributed by atoms with van der Waals surface area (Å²) in [5.41, 5.74) is 1.34. The van der Waals surface area contributed by atoms with Crippen LogP contribution in [-0.4, -0.2) is 17.5 Å². The van der Waals surface area contributed by atoms with Gasteiger partial charge in [-0.25, -0.2) is 0 Å². The Morgan fingerprint density at radius 2 is 1.79 bits per heavy atom. The molecule has 0 aliphatic heterocycles. The van der Waals surface area contributed by atoms with Gasteiger partial charge in [-0.1, -0.05) is 42.5 Å². The van der Waals surface area contributed by atoms with E-state index in [4.69, 9.17) is 9.47 Å². The number of ether oxygens (including phenoxy) is 2. The molecule has 0 bridgehead atoms. The molecule has 0 radical (unpaired) electrons. The summed E-state index contributed by atoms with van der Waals surface area (Å²) in [5, 5.41) is 0. The van der Waals surface area contributed by atoms with Gasteiger partial charge in [-0.3, -0.25) is 9.59 Å². The summed E-state index contributed by atoms with van der Waals surface area (Å²) in [5.74, 6) is -1.64. The van der Waals surface area contributed by atoms with Crippen molar-refractivity contribution in [3.63, 3.8) is 0 Å². The van der Waals surface area contributed by atoms with Crippen molar-refractivity contribution in [2.24, 2.45) is 11.8 Å². The van der Waals surface area contributed by atoms with E-state index in [1.165, 1.54) is 0 Å². The SMILES string of the molecule is C=C1CCC(C(=O)OC(C)(C)C)C(C(=O)OCc2ccccc2)C1. The molecule has 4 nitrogen and oxygen atoms in total. The fraction of sp³-hybridized carbons (Fsp3) is 0.500. The van der Waals surface area contributed by atoms with Gasteiger partial charge in [-0.2, -0.15) is 0 Å². The zero-order valence-electron chi connectivity index (χ0n) is 14.7. The average Bonchev–Trinajstić information content (AvgIpc) is 2.51. The van der Waals surface area contributed by atoms with Crippen molar-refractivity contribution in [1.29, 1.82) is 0 Å². The third kappa shape index (κ3) is 5.22. The number of carbonyl (C=O) groups excluding carboxylic acids is 2. The molecule has 1 fully saturated rings. The Labute approximate surface area is 143 Å². The molecule has 0 saturated heterocycles. The lowest BCUT2D eigenvalue weighted by atomic mass is 9.77. The number of allylic oxidation sites excluding steroid dienone is 1. The van der Waals surface area contributed by atoms with Gasteiger partial charge in [0, 0.05) is 0 Å². The zero-order chi connectivity index (χ0) is 17.7. The summed E-state index contributed by atoms with van der Waals surface area (Å²) in [6, 6.07) is 9.51. The highest BCUT2D eigenvalue weighted by Crippen LogP contribution is 2.35. The van der Waals surface area contributed by atoms with Crippen LogP contribution in [0.5, 0.6) is 0 Å². The minimum absolute atomic E-state index is 0.212. The molecule has 130 valence electrons. The number of carbonyl (C=O) groups is 2. The van der Waals surface area contributed by atoms with Crippen LogP contribution in [0.2, 0.25) is 0 Å². The largest absolute Gasteiger partial charge is 0.461 e. The third-order valence-corrected chi connectivity index (χ3v) is 4.04. The number of hydrogen-bond donors (Lipinski definition) is 0. The van der Waals surface area contributed by atoms with E-state index in [0.29, 0.717) is 12.8 Å².